The molecule has 0 aliphatic carbocycles. The van der Waals surface area contributed by atoms with Crippen LogP contribution in [-0.2, 0) is 0 Å². The standard InChI is InChI=1S/C13H15FSi/c1-15(2,3)13-9-5-6-10-11(13)7-4-8-12(10)14/h4-9H,1-3H3. The Hall–Kier alpha value is -1.15. The van der Waals surface area contributed by atoms with Gasteiger partial charge in [-0.15, -0.1) is 0 Å². The lowest BCUT2D eigenvalue weighted by Gasteiger charge is -2.19. The van der Waals surface area contributed by atoms with Gasteiger partial charge in [-0.1, -0.05) is 55.2 Å². The van der Waals surface area contributed by atoms with Crippen LogP contribution in [0.2, 0.25) is 19.6 Å². The molecule has 0 saturated carbocycles. The summed E-state index contributed by atoms with van der Waals surface area (Å²) in [5.41, 5.74) is 0. The molecule has 0 heterocycles. The van der Waals surface area contributed by atoms with Crippen LogP contribution >= 0.6 is 0 Å². The van der Waals surface area contributed by atoms with Crippen LogP contribution in [0.15, 0.2) is 36.4 Å². The van der Waals surface area contributed by atoms with E-state index in [0.29, 0.717) is 0 Å². The Kier molecular flexibility index (Phi) is 2.39. The number of rotatable bonds is 1. The maximum absolute atomic E-state index is 13.6. The van der Waals surface area contributed by atoms with Gasteiger partial charge in [-0.25, -0.2) is 4.39 Å². The highest BCUT2D eigenvalue weighted by Gasteiger charge is 2.19. The molecule has 0 N–H and O–H groups in total. The zero-order valence-electron chi connectivity index (χ0n) is 9.34. The third-order valence-corrected chi connectivity index (χ3v) is 4.73. The van der Waals surface area contributed by atoms with Gasteiger partial charge >= 0.3 is 0 Å². The second kappa shape index (κ2) is 3.45. The lowest BCUT2D eigenvalue weighted by atomic mass is 10.1. The fraction of sp³-hybridized carbons (Fsp3) is 0.231. The lowest BCUT2D eigenvalue weighted by molar-refractivity contribution is 0.640. The summed E-state index contributed by atoms with van der Waals surface area (Å²) in [7, 11) is -1.39. The quantitative estimate of drug-likeness (QED) is 0.642. The van der Waals surface area contributed by atoms with Crippen LogP contribution in [0.4, 0.5) is 4.39 Å². The van der Waals surface area contributed by atoms with E-state index in [2.05, 4.69) is 25.7 Å². The molecular weight excluding hydrogens is 203 g/mol. The third-order valence-electron chi connectivity index (χ3n) is 2.68. The van der Waals surface area contributed by atoms with Crippen molar-refractivity contribution in [2.24, 2.45) is 0 Å². The zero-order chi connectivity index (χ0) is 11.1. The van der Waals surface area contributed by atoms with Gasteiger partial charge in [-0.05, 0) is 11.5 Å². The molecule has 2 heteroatoms. The van der Waals surface area contributed by atoms with E-state index in [1.165, 1.54) is 11.3 Å². The minimum atomic E-state index is -1.39. The first-order valence-electron chi connectivity index (χ1n) is 5.18. The Balaban J connectivity index is 2.83. The summed E-state index contributed by atoms with van der Waals surface area (Å²) in [5.74, 6) is -0.118. The largest absolute Gasteiger partial charge is 0.206 e. The van der Waals surface area contributed by atoms with Crippen molar-refractivity contribution in [2.45, 2.75) is 19.6 Å². The van der Waals surface area contributed by atoms with E-state index < -0.39 is 8.07 Å². The van der Waals surface area contributed by atoms with Crippen molar-refractivity contribution in [1.29, 1.82) is 0 Å². The Labute approximate surface area is 90.8 Å². The maximum Gasteiger partial charge on any atom is 0.131 e. The van der Waals surface area contributed by atoms with Crippen molar-refractivity contribution < 1.29 is 4.39 Å². The summed E-state index contributed by atoms with van der Waals surface area (Å²) in [4.78, 5) is 0. The molecule has 0 atom stereocenters. The molecule has 0 fully saturated rings. The number of benzene rings is 2. The molecule has 2 aromatic rings. The number of fused-ring (bicyclic) bond motifs is 1. The number of hydrogen-bond acceptors (Lipinski definition) is 0. The second-order valence-corrected chi connectivity index (χ2v) is 9.93. The van der Waals surface area contributed by atoms with Crippen molar-refractivity contribution in [1.82, 2.24) is 0 Å². The van der Waals surface area contributed by atoms with E-state index in [-0.39, 0.29) is 5.82 Å². The molecule has 2 rings (SSSR count). The third kappa shape index (κ3) is 1.82. The van der Waals surface area contributed by atoms with Crippen molar-refractivity contribution in [2.75, 3.05) is 0 Å². The van der Waals surface area contributed by atoms with Gasteiger partial charge < -0.3 is 0 Å². The van der Waals surface area contributed by atoms with Crippen molar-refractivity contribution in [3.8, 4) is 0 Å². The van der Waals surface area contributed by atoms with Gasteiger partial charge in [0.2, 0.25) is 0 Å². The highest BCUT2D eigenvalue weighted by Crippen LogP contribution is 2.18. The topological polar surface area (TPSA) is 0 Å². The van der Waals surface area contributed by atoms with Crippen LogP contribution < -0.4 is 5.19 Å². The summed E-state index contributed by atoms with van der Waals surface area (Å²) in [6.07, 6.45) is 0. The first kappa shape index (κ1) is 10.4. The monoisotopic (exact) mass is 218 g/mol. The molecule has 0 amide bonds. The van der Waals surface area contributed by atoms with Crippen molar-refractivity contribution in [3.63, 3.8) is 0 Å². The van der Waals surface area contributed by atoms with Crippen LogP contribution in [0.25, 0.3) is 10.8 Å². The summed E-state index contributed by atoms with van der Waals surface area (Å²) < 4.78 is 13.6. The SMILES string of the molecule is C[Si](C)(C)c1cccc2c(F)cccc12. The Morgan fingerprint density at radius 3 is 2.13 bits per heavy atom. The number of halogens is 1. The first-order valence-corrected chi connectivity index (χ1v) is 8.68. The highest BCUT2D eigenvalue weighted by molar-refractivity contribution is 6.90. The van der Waals surface area contributed by atoms with E-state index in [0.717, 1.165) is 10.8 Å². The van der Waals surface area contributed by atoms with Crippen LogP contribution in [0.3, 0.4) is 0 Å². The highest BCUT2D eigenvalue weighted by atomic mass is 28.3. The average Bonchev–Trinajstić information content (AvgIpc) is 2.16. The van der Waals surface area contributed by atoms with Gasteiger partial charge in [-0.2, -0.15) is 0 Å². The fourth-order valence-electron chi connectivity index (χ4n) is 1.93. The molecular formula is C13H15FSi. The molecule has 0 nitrogen and oxygen atoms in total. The molecule has 0 saturated heterocycles. The molecule has 0 radical (unpaired) electrons. The average molecular weight is 218 g/mol. The predicted octanol–water partition coefficient (Wildman–Crippen LogP) is 3.52. The predicted molar refractivity (Wildman–Crippen MR) is 66.9 cm³/mol. The van der Waals surface area contributed by atoms with Crippen LogP contribution in [-0.4, -0.2) is 8.07 Å². The molecule has 0 aliphatic heterocycles. The molecule has 0 bridgehead atoms. The molecule has 78 valence electrons. The van der Waals surface area contributed by atoms with Gasteiger partial charge in [0.1, 0.15) is 5.82 Å². The van der Waals surface area contributed by atoms with Crippen LogP contribution in [0.5, 0.6) is 0 Å². The van der Waals surface area contributed by atoms with E-state index in [1.54, 1.807) is 6.07 Å². The smallest absolute Gasteiger partial charge is 0.131 e. The molecule has 0 aromatic heterocycles. The summed E-state index contributed by atoms with van der Waals surface area (Å²) >= 11 is 0. The van der Waals surface area contributed by atoms with Crippen LogP contribution in [0, 0.1) is 5.82 Å². The van der Waals surface area contributed by atoms with E-state index >= 15 is 0 Å². The second-order valence-electron chi connectivity index (χ2n) is 4.89. The first-order chi connectivity index (χ1) is 7.00. The van der Waals surface area contributed by atoms with Crippen molar-refractivity contribution >= 4 is 24.0 Å². The minimum absolute atomic E-state index is 0.118. The van der Waals surface area contributed by atoms with Gasteiger partial charge in [0.05, 0.1) is 8.07 Å². The van der Waals surface area contributed by atoms with Gasteiger partial charge in [-0.3, -0.25) is 0 Å². The summed E-state index contributed by atoms with van der Waals surface area (Å²) in [6.45, 7) is 6.85. The fourth-order valence-corrected chi connectivity index (χ4v) is 3.55. The molecule has 0 spiro atoms. The van der Waals surface area contributed by atoms with Gasteiger partial charge in [0.25, 0.3) is 0 Å². The van der Waals surface area contributed by atoms with Crippen LogP contribution in [0.1, 0.15) is 0 Å². The molecule has 15 heavy (non-hydrogen) atoms. The summed E-state index contributed by atoms with van der Waals surface area (Å²) in [6, 6.07) is 11.3. The Morgan fingerprint density at radius 2 is 1.47 bits per heavy atom. The Bertz CT molecular complexity index is 497. The number of hydrogen-bond donors (Lipinski definition) is 0. The zero-order valence-corrected chi connectivity index (χ0v) is 10.3. The molecule has 0 unspecified atom stereocenters. The summed E-state index contributed by atoms with van der Waals surface area (Å²) in [5, 5.41) is 3.16. The Morgan fingerprint density at radius 1 is 0.867 bits per heavy atom. The minimum Gasteiger partial charge on any atom is -0.206 e. The normalized spacial score (nSPS) is 12.0. The van der Waals surface area contributed by atoms with E-state index in [1.807, 2.05) is 18.2 Å². The van der Waals surface area contributed by atoms with E-state index in [9.17, 15) is 4.39 Å². The molecule has 0 aliphatic rings. The maximum atomic E-state index is 13.6. The van der Waals surface area contributed by atoms with Gasteiger partial charge in [0.15, 0.2) is 0 Å². The van der Waals surface area contributed by atoms with Crippen molar-refractivity contribution in [3.05, 3.63) is 42.2 Å². The molecule has 2 aromatic carbocycles. The lowest BCUT2D eigenvalue weighted by Crippen LogP contribution is -2.38. The van der Waals surface area contributed by atoms with Gasteiger partial charge in [0, 0.05) is 5.39 Å². The van der Waals surface area contributed by atoms with E-state index in [4.69, 9.17) is 0 Å².